The summed E-state index contributed by atoms with van der Waals surface area (Å²) >= 11 is 5.84. The first-order valence-electron chi connectivity index (χ1n) is 9.20. The molecule has 0 aliphatic heterocycles. The lowest BCUT2D eigenvalue weighted by molar-refractivity contribution is 0.111. The largest absolute Gasteiger partial charge is 0.479 e. The van der Waals surface area contributed by atoms with E-state index in [0.717, 1.165) is 6.20 Å². The molecule has 0 amide bonds. The van der Waals surface area contributed by atoms with Gasteiger partial charge < -0.3 is 4.74 Å². The van der Waals surface area contributed by atoms with Gasteiger partial charge in [-0.15, -0.1) is 0 Å². The van der Waals surface area contributed by atoms with Crippen LogP contribution in [0.25, 0.3) is 5.52 Å². The van der Waals surface area contributed by atoms with Crippen molar-refractivity contribution in [1.29, 1.82) is 0 Å². The lowest BCUT2D eigenvalue weighted by Crippen LogP contribution is -2.15. The second kappa shape index (κ2) is 6.24. The Labute approximate surface area is 166 Å². The number of nitrogens with one attached hydrogen (secondary N) is 1. The number of rotatable bonds is 5. The van der Waals surface area contributed by atoms with Crippen LogP contribution in [0.3, 0.4) is 0 Å². The van der Waals surface area contributed by atoms with E-state index in [9.17, 15) is 21.6 Å². The number of alkyl halides is 2. The highest BCUT2D eigenvalue weighted by Gasteiger charge is 2.59. The van der Waals surface area contributed by atoms with Crippen LogP contribution in [0.15, 0.2) is 35.5 Å². The van der Waals surface area contributed by atoms with E-state index in [2.05, 4.69) is 14.8 Å². The normalized spacial score (nSPS) is 20.3. The Hall–Kier alpha value is -2.53. The molecule has 7 nitrogen and oxygen atoms in total. The molecule has 3 aromatic heterocycles. The Morgan fingerprint density at radius 3 is 2.89 bits per heavy atom. The Kier molecular flexibility index (Phi) is 3.43. The number of aromatic nitrogens is 3. The van der Waals surface area contributed by atoms with Crippen molar-refractivity contribution in [1.82, 2.24) is 14.6 Å². The standard InChI is InChI=1S/C16H12ClF3N4O3S/c1-27-15-11(4-10(18)14(22-15)9-5-16(9,19)20)23-28(25,26)13-6-21-24-7-8(17)2-3-12(13)24/h2-4,6-7,9,23H,5H2,1H3/t9-/m0/s1/i1D3. The molecular weight excluding hydrogens is 421 g/mol. The summed E-state index contributed by atoms with van der Waals surface area (Å²) in [6.45, 7) is 0. The average Bonchev–Trinajstić information content (AvgIpc) is 3.05. The third kappa shape index (κ3) is 3.14. The number of sulfonamides is 1. The van der Waals surface area contributed by atoms with E-state index in [-0.39, 0.29) is 10.4 Å². The van der Waals surface area contributed by atoms with Gasteiger partial charge in [-0.25, -0.2) is 31.1 Å². The molecule has 0 unspecified atom stereocenters. The van der Waals surface area contributed by atoms with Crippen molar-refractivity contribution in [2.24, 2.45) is 0 Å². The highest BCUT2D eigenvalue weighted by atomic mass is 35.5. The highest BCUT2D eigenvalue weighted by Crippen LogP contribution is 2.56. The number of anilines is 1. The van der Waals surface area contributed by atoms with E-state index >= 15 is 0 Å². The zero-order valence-corrected chi connectivity index (χ0v) is 15.2. The molecule has 1 fully saturated rings. The number of methoxy groups -OCH3 is 1. The van der Waals surface area contributed by atoms with E-state index in [1.165, 1.54) is 22.8 Å². The molecule has 4 rings (SSSR count). The van der Waals surface area contributed by atoms with Crippen molar-refractivity contribution in [3.63, 3.8) is 0 Å². The predicted octanol–water partition coefficient (Wildman–Crippen LogP) is 3.45. The quantitative estimate of drug-likeness (QED) is 0.663. The molecule has 28 heavy (non-hydrogen) atoms. The van der Waals surface area contributed by atoms with Gasteiger partial charge in [-0.3, -0.25) is 4.72 Å². The molecule has 0 saturated heterocycles. The van der Waals surface area contributed by atoms with Gasteiger partial charge in [-0.05, 0) is 12.1 Å². The molecule has 148 valence electrons. The topological polar surface area (TPSA) is 85.6 Å². The van der Waals surface area contributed by atoms with Crippen molar-refractivity contribution in [2.45, 2.75) is 23.2 Å². The first-order chi connectivity index (χ1) is 14.3. The van der Waals surface area contributed by atoms with E-state index in [4.69, 9.17) is 15.7 Å². The molecule has 1 aliphatic carbocycles. The molecule has 3 heterocycles. The monoisotopic (exact) mass is 435 g/mol. The molecule has 0 radical (unpaired) electrons. The van der Waals surface area contributed by atoms with E-state index in [1.807, 2.05) is 4.72 Å². The number of pyridine rings is 2. The van der Waals surface area contributed by atoms with Crippen LogP contribution in [0.4, 0.5) is 18.9 Å². The van der Waals surface area contributed by atoms with Gasteiger partial charge >= 0.3 is 0 Å². The third-order valence-electron chi connectivity index (χ3n) is 4.20. The summed E-state index contributed by atoms with van der Waals surface area (Å²) < 4.78 is 96.4. The van der Waals surface area contributed by atoms with E-state index in [1.54, 1.807) is 0 Å². The summed E-state index contributed by atoms with van der Waals surface area (Å²) in [4.78, 5) is 3.22. The van der Waals surface area contributed by atoms with Crippen LogP contribution in [0, 0.1) is 5.82 Å². The summed E-state index contributed by atoms with van der Waals surface area (Å²) in [7, 11) is -7.54. The molecular formula is C16H12ClF3N4O3S. The molecule has 12 heteroatoms. The van der Waals surface area contributed by atoms with Crippen LogP contribution in [-0.2, 0) is 10.0 Å². The number of hydrogen-bond donors (Lipinski definition) is 1. The molecule has 1 saturated carbocycles. The van der Waals surface area contributed by atoms with Gasteiger partial charge in [0.1, 0.15) is 16.4 Å². The predicted molar refractivity (Wildman–Crippen MR) is 94.1 cm³/mol. The second-order valence-corrected chi connectivity index (χ2v) is 8.21. The van der Waals surface area contributed by atoms with Crippen molar-refractivity contribution in [3.05, 3.63) is 47.1 Å². The number of nitrogens with zero attached hydrogens (tertiary/aromatic N) is 3. The van der Waals surface area contributed by atoms with Crippen LogP contribution < -0.4 is 9.46 Å². The van der Waals surface area contributed by atoms with Gasteiger partial charge in [-0.1, -0.05) is 11.6 Å². The Morgan fingerprint density at radius 1 is 1.46 bits per heavy atom. The molecule has 1 atom stereocenters. The van der Waals surface area contributed by atoms with Gasteiger partial charge in [0, 0.05) is 18.7 Å². The van der Waals surface area contributed by atoms with Crippen LogP contribution in [-0.4, -0.2) is 36.0 Å². The van der Waals surface area contributed by atoms with Gasteiger partial charge in [-0.2, -0.15) is 5.10 Å². The van der Waals surface area contributed by atoms with Crippen molar-refractivity contribution < 1.29 is 30.4 Å². The fourth-order valence-electron chi connectivity index (χ4n) is 2.73. The van der Waals surface area contributed by atoms with Crippen LogP contribution in [0.5, 0.6) is 5.88 Å². The minimum Gasteiger partial charge on any atom is -0.479 e. The minimum atomic E-state index is -4.44. The van der Waals surface area contributed by atoms with Crippen molar-refractivity contribution in [3.8, 4) is 5.88 Å². The molecule has 3 aromatic rings. The van der Waals surface area contributed by atoms with Gasteiger partial charge in [0.05, 0.1) is 39.5 Å². The smallest absolute Gasteiger partial charge is 0.265 e. The lowest BCUT2D eigenvalue weighted by Gasteiger charge is -2.12. The Balaban J connectivity index is 1.76. The summed E-state index contributed by atoms with van der Waals surface area (Å²) in [6, 6.07) is 3.35. The molecule has 1 N–H and O–H groups in total. The van der Waals surface area contributed by atoms with Crippen molar-refractivity contribution in [2.75, 3.05) is 11.8 Å². The fourth-order valence-corrected chi connectivity index (χ4v) is 4.06. The van der Waals surface area contributed by atoms with Crippen LogP contribution in [0.2, 0.25) is 5.02 Å². The van der Waals surface area contributed by atoms with Gasteiger partial charge in [0.15, 0.2) is 0 Å². The maximum atomic E-state index is 14.5. The average molecular weight is 436 g/mol. The molecule has 1 aliphatic rings. The van der Waals surface area contributed by atoms with Gasteiger partial charge in [0.25, 0.3) is 15.9 Å². The number of hydrogen-bond acceptors (Lipinski definition) is 5. The number of halogens is 4. The van der Waals surface area contributed by atoms with E-state index < -0.39 is 58.4 Å². The SMILES string of the molecule is [2H]C([2H])([2H])Oc1nc([C@@H]2CC2(F)F)c(F)cc1NS(=O)(=O)c1cnn2cc(Cl)ccc12. The molecule has 0 bridgehead atoms. The summed E-state index contributed by atoms with van der Waals surface area (Å²) in [5.41, 5.74) is -1.26. The van der Waals surface area contributed by atoms with Crippen molar-refractivity contribution >= 4 is 32.8 Å². The maximum Gasteiger partial charge on any atom is 0.265 e. The van der Waals surface area contributed by atoms with Crippen LogP contribution >= 0.6 is 11.6 Å². The zero-order chi connectivity index (χ0) is 22.8. The number of ether oxygens (including phenoxy) is 1. The first kappa shape index (κ1) is 15.4. The fraction of sp³-hybridized carbons (Fsp3) is 0.250. The first-order valence-corrected chi connectivity index (χ1v) is 9.56. The van der Waals surface area contributed by atoms with Crippen LogP contribution in [0.1, 0.15) is 22.1 Å². The van der Waals surface area contributed by atoms with E-state index in [0.29, 0.717) is 11.1 Å². The van der Waals surface area contributed by atoms with Gasteiger partial charge in [0.2, 0.25) is 5.88 Å². The highest BCUT2D eigenvalue weighted by molar-refractivity contribution is 7.93. The third-order valence-corrected chi connectivity index (χ3v) is 5.81. The Morgan fingerprint density at radius 2 is 2.21 bits per heavy atom. The summed E-state index contributed by atoms with van der Waals surface area (Å²) in [5, 5.41) is 4.16. The molecule has 0 aromatic carbocycles. The Bertz CT molecular complexity index is 1300. The molecule has 0 spiro atoms. The second-order valence-electron chi connectivity index (χ2n) is 6.12. The minimum absolute atomic E-state index is 0.123. The number of fused-ring (bicyclic) bond motifs is 1. The lowest BCUT2D eigenvalue weighted by atomic mass is 10.2. The maximum absolute atomic E-state index is 14.5. The zero-order valence-electron chi connectivity index (χ0n) is 16.7. The summed E-state index contributed by atoms with van der Waals surface area (Å²) in [6.07, 6.45) is 1.69. The summed E-state index contributed by atoms with van der Waals surface area (Å²) in [5.74, 6) is -6.84.